The second-order valence-corrected chi connectivity index (χ2v) is 3.70. The van der Waals surface area contributed by atoms with E-state index in [-0.39, 0.29) is 5.78 Å². The van der Waals surface area contributed by atoms with Gasteiger partial charge in [-0.05, 0) is 12.1 Å². The van der Waals surface area contributed by atoms with Gasteiger partial charge < -0.3 is 0 Å². The molecule has 0 aliphatic rings. The number of Topliss-reactive ketones (excluding diaryl/α,β-unsaturated/α-hetero) is 1. The Morgan fingerprint density at radius 1 is 1.43 bits per heavy atom. The van der Waals surface area contributed by atoms with Gasteiger partial charge in [0, 0.05) is 12.3 Å². The smallest absolute Gasteiger partial charge is 0.180 e. The summed E-state index contributed by atoms with van der Waals surface area (Å²) in [5.74, 6) is -0.102. The van der Waals surface area contributed by atoms with Crippen molar-refractivity contribution in [3.63, 3.8) is 0 Å². The molecule has 0 aliphatic carbocycles. The van der Waals surface area contributed by atoms with E-state index < -0.39 is 0 Å². The zero-order valence-corrected chi connectivity index (χ0v) is 8.78. The molecule has 0 spiro atoms. The number of aromatic nitrogens is 2. The Morgan fingerprint density at radius 3 is 2.79 bits per heavy atom. The maximum Gasteiger partial charge on any atom is 0.180 e. The van der Waals surface area contributed by atoms with Crippen LogP contribution in [0.15, 0.2) is 12.1 Å². The Labute approximate surface area is 90.0 Å². The normalized spacial score (nSPS) is 10.8. The average molecular weight is 229 g/mol. The van der Waals surface area contributed by atoms with Crippen molar-refractivity contribution in [2.45, 2.75) is 6.92 Å². The largest absolute Gasteiger partial charge is 0.293 e. The molecule has 0 radical (unpaired) electrons. The van der Waals surface area contributed by atoms with Crippen LogP contribution < -0.4 is 0 Å². The predicted molar refractivity (Wildman–Crippen MR) is 56.1 cm³/mol. The van der Waals surface area contributed by atoms with Gasteiger partial charge in [-0.25, -0.2) is 0 Å². The quantitative estimate of drug-likeness (QED) is 0.763. The minimum atomic E-state index is -0.102. The predicted octanol–water partition coefficient (Wildman–Crippen LogP) is 3.07. The van der Waals surface area contributed by atoms with Crippen LogP contribution in [0.25, 0.3) is 10.9 Å². The fraction of sp³-hybridized carbons (Fsp3) is 0.111. The number of aromatic amines is 1. The number of H-pyrrole nitrogens is 1. The number of halogens is 2. The van der Waals surface area contributed by atoms with Gasteiger partial charge in [-0.2, -0.15) is 5.10 Å². The molecule has 72 valence electrons. The van der Waals surface area contributed by atoms with Crippen molar-refractivity contribution in [1.82, 2.24) is 10.2 Å². The molecule has 0 aliphatic heterocycles. The van der Waals surface area contributed by atoms with Crippen LogP contribution in [0.1, 0.15) is 17.4 Å². The second-order valence-electron chi connectivity index (χ2n) is 2.91. The standard InChI is InChI=1S/C9H6Cl2N2O/c1-4(14)8-5-2-3-6(10)7(11)9(5)13-12-8/h2-3H,1H3,(H,12,13). The molecule has 14 heavy (non-hydrogen) atoms. The molecule has 0 bridgehead atoms. The number of carbonyl (C=O) groups excluding carboxylic acids is 1. The number of benzene rings is 1. The summed E-state index contributed by atoms with van der Waals surface area (Å²) in [5.41, 5.74) is 0.989. The molecule has 0 saturated carbocycles. The van der Waals surface area contributed by atoms with Gasteiger partial charge in [0.05, 0.1) is 15.6 Å². The number of hydrogen-bond acceptors (Lipinski definition) is 2. The Balaban J connectivity index is 2.83. The highest BCUT2D eigenvalue weighted by Crippen LogP contribution is 2.30. The summed E-state index contributed by atoms with van der Waals surface area (Å²) in [6, 6.07) is 3.37. The number of hydrogen-bond donors (Lipinski definition) is 1. The van der Waals surface area contributed by atoms with E-state index in [1.54, 1.807) is 12.1 Å². The summed E-state index contributed by atoms with van der Waals surface area (Å²) < 4.78 is 0. The van der Waals surface area contributed by atoms with Crippen molar-refractivity contribution >= 4 is 39.9 Å². The summed E-state index contributed by atoms with van der Waals surface area (Å²) >= 11 is 11.7. The monoisotopic (exact) mass is 228 g/mol. The number of carbonyl (C=O) groups is 1. The maximum atomic E-state index is 11.2. The molecule has 0 amide bonds. The highest BCUT2D eigenvalue weighted by atomic mass is 35.5. The fourth-order valence-electron chi connectivity index (χ4n) is 1.30. The van der Waals surface area contributed by atoms with Gasteiger partial charge >= 0.3 is 0 Å². The first-order valence-electron chi connectivity index (χ1n) is 3.94. The van der Waals surface area contributed by atoms with Gasteiger partial charge in [-0.15, -0.1) is 0 Å². The molecule has 0 fully saturated rings. The molecule has 0 unspecified atom stereocenters. The molecule has 1 aromatic heterocycles. The van der Waals surface area contributed by atoms with E-state index in [2.05, 4.69) is 10.2 Å². The Hall–Kier alpha value is -1.06. The molecule has 1 N–H and O–H groups in total. The molecule has 0 atom stereocenters. The van der Waals surface area contributed by atoms with Gasteiger partial charge in [-0.3, -0.25) is 9.89 Å². The van der Waals surface area contributed by atoms with Gasteiger partial charge in [-0.1, -0.05) is 23.2 Å². The third kappa shape index (κ3) is 1.29. The first-order chi connectivity index (χ1) is 6.61. The van der Waals surface area contributed by atoms with Crippen LogP contribution in [0.3, 0.4) is 0 Å². The van der Waals surface area contributed by atoms with Gasteiger partial charge in [0.15, 0.2) is 5.78 Å². The van der Waals surface area contributed by atoms with Crippen molar-refractivity contribution < 1.29 is 4.79 Å². The third-order valence-electron chi connectivity index (χ3n) is 1.96. The summed E-state index contributed by atoms with van der Waals surface area (Å²) in [6.07, 6.45) is 0. The zero-order valence-electron chi connectivity index (χ0n) is 7.27. The van der Waals surface area contributed by atoms with Crippen LogP contribution in [0, 0.1) is 0 Å². The second kappa shape index (κ2) is 3.26. The van der Waals surface area contributed by atoms with E-state index in [1.165, 1.54) is 6.92 Å². The van der Waals surface area contributed by atoms with Crippen LogP contribution in [0.4, 0.5) is 0 Å². The molecule has 2 aromatic rings. The topological polar surface area (TPSA) is 45.8 Å². The van der Waals surface area contributed by atoms with Crippen LogP contribution in [0.2, 0.25) is 10.0 Å². The molecule has 1 aromatic carbocycles. The Bertz CT molecular complexity index is 519. The van der Waals surface area contributed by atoms with Gasteiger partial charge in [0.25, 0.3) is 0 Å². The summed E-state index contributed by atoms with van der Waals surface area (Å²) in [6.45, 7) is 1.46. The highest BCUT2D eigenvalue weighted by molar-refractivity contribution is 6.45. The first-order valence-corrected chi connectivity index (χ1v) is 4.70. The molecule has 1 heterocycles. The van der Waals surface area contributed by atoms with E-state index in [1.807, 2.05) is 0 Å². The molecule has 0 saturated heterocycles. The third-order valence-corrected chi connectivity index (χ3v) is 2.77. The lowest BCUT2D eigenvalue weighted by Crippen LogP contribution is -1.92. The van der Waals surface area contributed by atoms with Gasteiger partial charge in [0.2, 0.25) is 0 Å². The van der Waals surface area contributed by atoms with Gasteiger partial charge in [0.1, 0.15) is 5.69 Å². The van der Waals surface area contributed by atoms with Crippen molar-refractivity contribution in [3.8, 4) is 0 Å². The van der Waals surface area contributed by atoms with Crippen molar-refractivity contribution in [1.29, 1.82) is 0 Å². The number of fused-ring (bicyclic) bond motifs is 1. The van der Waals surface area contributed by atoms with Crippen LogP contribution in [-0.2, 0) is 0 Å². The number of nitrogens with zero attached hydrogens (tertiary/aromatic N) is 1. The minimum Gasteiger partial charge on any atom is -0.293 e. The SMILES string of the molecule is CC(=O)c1n[nH]c2c(Cl)c(Cl)ccc12. The Morgan fingerprint density at radius 2 is 2.14 bits per heavy atom. The Kier molecular flexibility index (Phi) is 2.21. The lowest BCUT2D eigenvalue weighted by molar-refractivity contribution is 0.101. The minimum absolute atomic E-state index is 0.102. The fourth-order valence-corrected chi connectivity index (χ4v) is 1.66. The van der Waals surface area contributed by atoms with E-state index >= 15 is 0 Å². The molecular formula is C9H6Cl2N2O. The summed E-state index contributed by atoms with van der Waals surface area (Å²) in [7, 11) is 0. The van der Waals surface area contributed by atoms with Crippen molar-refractivity contribution in [3.05, 3.63) is 27.9 Å². The lowest BCUT2D eigenvalue weighted by Gasteiger charge is -1.96. The molecule has 3 nitrogen and oxygen atoms in total. The molecular weight excluding hydrogens is 223 g/mol. The van der Waals surface area contributed by atoms with Crippen molar-refractivity contribution in [2.24, 2.45) is 0 Å². The number of rotatable bonds is 1. The van der Waals surface area contributed by atoms with E-state index in [0.717, 1.165) is 0 Å². The molecule has 2 rings (SSSR count). The lowest BCUT2D eigenvalue weighted by atomic mass is 10.2. The van der Waals surface area contributed by atoms with E-state index in [0.29, 0.717) is 26.6 Å². The first kappa shape index (κ1) is 9.49. The van der Waals surface area contributed by atoms with Crippen LogP contribution in [0.5, 0.6) is 0 Å². The summed E-state index contributed by atoms with van der Waals surface area (Å²) in [5, 5.41) is 8.11. The zero-order chi connectivity index (χ0) is 10.3. The molecule has 5 heteroatoms. The van der Waals surface area contributed by atoms with E-state index in [4.69, 9.17) is 23.2 Å². The van der Waals surface area contributed by atoms with Crippen LogP contribution >= 0.6 is 23.2 Å². The highest BCUT2D eigenvalue weighted by Gasteiger charge is 2.13. The van der Waals surface area contributed by atoms with Crippen LogP contribution in [-0.4, -0.2) is 16.0 Å². The number of ketones is 1. The summed E-state index contributed by atoms with van der Waals surface area (Å²) in [4.78, 5) is 11.2. The van der Waals surface area contributed by atoms with Crippen molar-refractivity contribution in [2.75, 3.05) is 0 Å². The van der Waals surface area contributed by atoms with E-state index in [9.17, 15) is 4.79 Å². The maximum absolute atomic E-state index is 11.2. The number of nitrogens with one attached hydrogen (secondary N) is 1. The average Bonchev–Trinajstić information content (AvgIpc) is 2.55.